The van der Waals surface area contributed by atoms with Gasteiger partial charge in [-0.2, -0.15) is 0 Å². The van der Waals surface area contributed by atoms with Gasteiger partial charge in [0.2, 0.25) is 0 Å². The van der Waals surface area contributed by atoms with Crippen molar-refractivity contribution < 1.29 is 19.7 Å². The van der Waals surface area contributed by atoms with Gasteiger partial charge in [-0.05, 0) is 64.0 Å². The van der Waals surface area contributed by atoms with E-state index in [1.54, 1.807) is 0 Å². The second-order valence-corrected chi connectivity index (χ2v) is 9.27. The van der Waals surface area contributed by atoms with E-state index in [2.05, 4.69) is 40.7 Å². The molecule has 28 heavy (non-hydrogen) atoms. The molecule has 2 N–H and O–H groups in total. The lowest BCUT2D eigenvalue weighted by atomic mass is 9.67. The number of hydrogen-bond donors (Lipinski definition) is 2. The van der Waals surface area contributed by atoms with E-state index < -0.39 is 5.97 Å². The molecule has 2 aliphatic rings. The van der Waals surface area contributed by atoms with E-state index in [0.29, 0.717) is 29.2 Å². The maximum Gasteiger partial charge on any atom is 0.339 e. The summed E-state index contributed by atoms with van der Waals surface area (Å²) in [5.74, 6) is 0.341. The number of carboxylic acids is 1. The zero-order valence-electron chi connectivity index (χ0n) is 17.8. The number of aryl methyl sites for hydroxylation is 1. The van der Waals surface area contributed by atoms with Crippen LogP contribution in [0.5, 0.6) is 11.5 Å². The van der Waals surface area contributed by atoms with Crippen LogP contribution in [-0.2, 0) is 6.42 Å². The molecule has 154 valence electrons. The van der Waals surface area contributed by atoms with E-state index >= 15 is 0 Å². The second kappa shape index (κ2) is 7.81. The summed E-state index contributed by atoms with van der Waals surface area (Å²) in [5, 5.41) is 20.9. The van der Waals surface area contributed by atoms with Crippen molar-refractivity contribution in [3.63, 3.8) is 0 Å². The molecule has 0 amide bonds. The summed E-state index contributed by atoms with van der Waals surface area (Å²) in [5.41, 5.74) is 2.34. The van der Waals surface area contributed by atoms with Crippen LogP contribution in [0.1, 0.15) is 94.1 Å². The zero-order chi connectivity index (χ0) is 20.6. The first-order valence-electron chi connectivity index (χ1n) is 10.6. The van der Waals surface area contributed by atoms with Crippen LogP contribution >= 0.6 is 0 Å². The number of benzene rings is 1. The largest absolute Gasteiger partial charge is 0.507 e. The van der Waals surface area contributed by atoms with Crippen molar-refractivity contribution in [2.24, 2.45) is 11.8 Å². The summed E-state index contributed by atoms with van der Waals surface area (Å²) >= 11 is 0. The van der Waals surface area contributed by atoms with Gasteiger partial charge in [0.15, 0.2) is 0 Å². The first-order valence-corrected chi connectivity index (χ1v) is 10.6. The number of carboxylic acid groups (broad SMARTS) is 1. The lowest BCUT2D eigenvalue weighted by Gasteiger charge is -2.46. The Hall–Kier alpha value is -1.97. The third-order valence-corrected chi connectivity index (χ3v) is 6.78. The SMILES string of the molecule is CCC(C)CCCc1cc2c(c(O)c1C(=O)O)[C@@H]1C=C(C)CC[C@H]1C(C)(C)O2. The van der Waals surface area contributed by atoms with Gasteiger partial charge >= 0.3 is 5.97 Å². The van der Waals surface area contributed by atoms with E-state index in [1.807, 2.05) is 6.07 Å². The first-order chi connectivity index (χ1) is 13.2. The molecular formula is C24H34O4. The third-order valence-electron chi connectivity index (χ3n) is 6.78. The topological polar surface area (TPSA) is 66.8 Å². The molecule has 1 aliphatic heterocycles. The highest BCUT2D eigenvalue weighted by Gasteiger charge is 2.46. The van der Waals surface area contributed by atoms with Gasteiger partial charge in [-0.3, -0.25) is 0 Å². The number of allylic oxidation sites excluding steroid dienone is 2. The van der Waals surface area contributed by atoms with E-state index in [-0.39, 0.29) is 28.7 Å². The van der Waals surface area contributed by atoms with E-state index in [4.69, 9.17) is 4.74 Å². The summed E-state index contributed by atoms with van der Waals surface area (Å²) in [4.78, 5) is 12.0. The molecule has 3 rings (SSSR count). The minimum absolute atomic E-state index is 0.000219. The Morgan fingerprint density at radius 2 is 2.11 bits per heavy atom. The fourth-order valence-corrected chi connectivity index (χ4v) is 4.89. The molecule has 0 saturated carbocycles. The van der Waals surface area contributed by atoms with Crippen LogP contribution in [0.3, 0.4) is 0 Å². The Labute approximate surface area is 168 Å². The summed E-state index contributed by atoms with van der Waals surface area (Å²) in [6, 6.07) is 1.88. The molecule has 4 nitrogen and oxygen atoms in total. The zero-order valence-corrected chi connectivity index (χ0v) is 17.8. The molecule has 0 spiro atoms. The minimum Gasteiger partial charge on any atom is -0.507 e. The van der Waals surface area contributed by atoms with Crippen molar-refractivity contribution in [2.45, 2.75) is 84.7 Å². The highest BCUT2D eigenvalue weighted by molar-refractivity contribution is 5.94. The molecule has 1 unspecified atom stereocenters. The van der Waals surface area contributed by atoms with Crippen LogP contribution in [0, 0.1) is 11.8 Å². The van der Waals surface area contributed by atoms with E-state index in [9.17, 15) is 15.0 Å². The van der Waals surface area contributed by atoms with Crippen LogP contribution in [0.25, 0.3) is 0 Å². The second-order valence-electron chi connectivity index (χ2n) is 9.27. The van der Waals surface area contributed by atoms with Gasteiger partial charge in [0.25, 0.3) is 0 Å². The lowest BCUT2D eigenvalue weighted by molar-refractivity contribution is 0.0106. The van der Waals surface area contributed by atoms with Gasteiger partial charge in [-0.15, -0.1) is 0 Å². The van der Waals surface area contributed by atoms with Crippen molar-refractivity contribution in [1.82, 2.24) is 0 Å². The Bertz CT molecular complexity index is 790. The molecule has 0 fully saturated rings. The van der Waals surface area contributed by atoms with Crippen LogP contribution in [-0.4, -0.2) is 21.8 Å². The molecule has 1 aromatic rings. The average Bonchev–Trinajstić information content (AvgIpc) is 2.59. The Kier molecular flexibility index (Phi) is 5.79. The maximum atomic E-state index is 12.0. The van der Waals surface area contributed by atoms with Crippen molar-refractivity contribution in [1.29, 1.82) is 0 Å². The van der Waals surface area contributed by atoms with Crippen LogP contribution in [0.4, 0.5) is 0 Å². The quantitative estimate of drug-likeness (QED) is 0.582. The van der Waals surface area contributed by atoms with Crippen LogP contribution in [0.15, 0.2) is 17.7 Å². The van der Waals surface area contributed by atoms with Gasteiger partial charge in [-0.1, -0.05) is 38.3 Å². The molecule has 1 aromatic carbocycles. The number of aromatic carboxylic acids is 1. The number of phenols is 1. The molecule has 0 saturated heterocycles. The number of ether oxygens (including phenoxy) is 1. The maximum absolute atomic E-state index is 12.0. The summed E-state index contributed by atoms with van der Waals surface area (Å²) in [7, 11) is 0. The normalized spacial score (nSPS) is 23.8. The van der Waals surface area contributed by atoms with Crippen molar-refractivity contribution in [3.05, 3.63) is 34.4 Å². The van der Waals surface area contributed by atoms with Gasteiger partial charge in [0, 0.05) is 17.4 Å². The molecule has 0 bridgehead atoms. The van der Waals surface area contributed by atoms with Gasteiger partial charge in [-0.25, -0.2) is 4.79 Å². The Morgan fingerprint density at radius 3 is 2.75 bits per heavy atom. The predicted octanol–water partition coefficient (Wildman–Crippen LogP) is 6.07. The minimum atomic E-state index is -1.06. The number of fused-ring (bicyclic) bond motifs is 3. The van der Waals surface area contributed by atoms with E-state index in [1.165, 1.54) is 5.57 Å². The smallest absolute Gasteiger partial charge is 0.339 e. The fraction of sp³-hybridized carbons (Fsp3) is 0.625. The molecular weight excluding hydrogens is 352 g/mol. The number of rotatable bonds is 6. The highest BCUT2D eigenvalue weighted by atomic mass is 16.5. The molecule has 1 heterocycles. The van der Waals surface area contributed by atoms with Crippen LogP contribution < -0.4 is 4.74 Å². The predicted molar refractivity (Wildman–Crippen MR) is 111 cm³/mol. The molecule has 0 radical (unpaired) electrons. The number of hydrogen-bond acceptors (Lipinski definition) is 3. The third kappa shape index (κ3) is 3.78. The van der Waals surface area contributed by atoms with Crippen molar-refractivity contribution in [3.8, 4) is 11.5 Å². The van der Waals surface area contributed by atoms with Gasteiger partial charge in [0.1, 0.15) is 22.7 Å². The molecule has 4 heteroatoms. The fourth-order valence-electron chi connectivity index (χ4n) is 4.89. The Morgan fingerprint density at radius 1 is 1.39 bits per heavy atom. The number of aromatic hydroxyl groups is 1. The average molecular weight is 387 g/mol. The number of carbonyl (C=O) groups is 1. The monoisotopic (exact) mass is 386 g/mol. The van der Waals surface area contributed by atoms with Gasteiger partial charge in [0.05, 0.1) is 0 Å². The standard InChI is InChI=1S/C24H34O4/c1-6-14(2)8-7-9-16-13-19-21(22(25)20(16)23(26)27)17-12-15(3)10-11-18(17)24(4,5)28-19/h12-14,17-18,25H,6-11H2,1-5H3,(H,26,27)/t14?,17-,18-/m1/s1. The Balaban J connectivity index is 2.06. The summed E-state index contributed by atoms with van der Waals surface area (Å²) in [6.07, 6.45) is 7.91. The van der Waals surface area contributed by atoms with Crippen molar-refractivity contribution in [2.75, 3.05) is 0 Å². The van der Waals surface area contributed by atoms with Gasteiger partial charge < -0.3 is 14.9 Å². The highest BCUT2D eigenvalue weighted by Crippen LogP contribution is 2.54. The summed E-state index contributed by atoms with van der Waals surface area (Å²) in [6.45, 7) is 10.7. The van der Waals surface area contributed by atoms with E-state index in [0.717, 1.165) is 32.1 Å². The molecule has 3 atom stereocenters. The van der Waals surface area contributed by atoms with Crippen LogP contribution in [0.2, 0.25) is 0 Å². The summed E-state index contributed by atoms with van der Waals surface area (Å²) < 4.78 is 6.35. The first kappa shape index (κ1) is 20.8. The molecule has 0 aromatic heterocycles. The van der Waals surface area contributed by atoms with Crippen molar-refractivity contribution >= 4 is 5.97 Å². The lowest BCUT2D eigenvalue weighted by Crippen LogP contribution is -2.45. The molecule has 1 aliphatic carbocycles.